The van der Waals surface area contributed by atoms with Gasteiger partial charge in [0, 0.05) is 0 Å². The van der Waals surface area contributed by atoms with Gasteiger partial charge in [0.05, 0.1) is 12.1 Å². The van der Waals surface area contributed by atoms with Gasteiger partial charge < -0.3 is 16.2 Å². The topological polar surface area (TPSA) is 114 Å². The van der Waals surface area contributed by atoms with Gasteiger partial charge in [0.15, 0.2) is 0 Å². The maximum Gasteiger partial charge on any atom is 0.277 e. The minimum absolute atomic E-state index is 0.0298. The molecule has 7 heteroatoms. The van der Waals surface area contributed by atoms with E-state index < -0.39 is 12.0 Å². The Bertz CT molecular complexity index is 379. The maximum atomic E-state index is 11.7. The normalized spacial score (nSPS) is 25.3. The standard InChI is InChI=1S/C9H14N4O3/c10-8-7(12-16-13-8)9(15)11-5-3-1-2-4-6(5)14/h5-6,14H,1-4H2,(H2,10,13)(H,11,15). The minimum Gasteiger partial charge on any atom is -0.391 e. The van der Waals surface area contributed by atoms with Crippen LogP contribution in [-0.4, -0.2) is 33.5 Å². The maximum absolute atomic E-state index is 11.7. The summed E-state index contributed by atoms with van der Waals surface area (Å²) >= 11 is 0. The molecular formula is C9H14N4O3. The molecule has 2 atom stereocenters. The largest absolute Gasteiger partial charge is 0.391 e. The molecule has 0 aromatic carbocycles. The van der Waals surface area contributed by atoms with E-state index in [9.17, 15) is 9.90 Å². The number of hydrogen-bond donors (Lipinski definition) is 3. The fraction of sp³-hybridized carbons (Fsp3) is 0.667. The van der Waals surface area contributed by atoms with Gasteiger partial charge >= 0.3 is 0 Å². The lowest BCUT2D eigenvalue weighted by Crippen LogP contribution is -2.45. The number of aromatic nitrogens is 2. The van der Waals surface area contributed by atoms with Crippen molar-refractivity contribution in [3.05, 3.63) is 5.69 Å². The second kappa shape index (κ2) is 4.48. The van der Waals surface area contributed by atoms with Crippen LogP contribution in [0.3, 0.4) is 0 Å². The number of carbonyl (C=O) groups is 1. The molecule has 2 rings (SSSR count). The van der Waals surface area contributed by atoms with Crippen LogP contribution in [0.25, 0.3) is 0 Å². The van der Waals surface area contributed by atoms with Crippen LogP contribution in [0.1, 0.15) is 36.2 Å². The van der Waals surface area contributed by atoms with Gasteiger partial charge in [-0.2, -0.15) is 0 Å². The summed E-state index contributed by atoms with van der Waals surface area (Å²) in [6.45, 7) is 0. The van der Waals surface area contributed by atoms with E-state index in [1.807, 2.05) is 0 Å². The van der Waals surface area contributed by atoms with Crippen LogP contribution >= 0.6 is 0 Å². The molecule has 2 unspecified atom stereocenters. The average Bonchev–Trinajstić information content (AvgIpc) is 2.68. The summed E-state index contributed by atoms with van der Waals surface area (Å²) in [5.74, 6) is -0.493. The first-order chi connectivity index (χ1) is 7.68. The molecule has 0 spiro atoms. The molecule has 1 amide bonds. The Morgan fingerprint density at radius 3 is 2.81 bits per heavy atom. The van der Waals surface area contributed by atoms with Gasteiger partial charge in [0.25, 0.3) is 5.91 Å². The molecule has 0 bridgehead atoms. The lowest BCUT2D eigenvalue weighted by molar-refractivity contribution is 0.0711. The number of nitrogen functional groups attached to an aromatic ring is 1. The Morgan fingerprint density at radius 2 is 2.19 bits per heavy atom. The van der Waals surface area contributed by atoms with Crippen molar-refractivity contribution < 1.29 is 14.5 Å². The van der Waals surface area contributed by atoms with Crippen molar-refractivity contribution in [2.24, 2.45) is 0 Å². The molecule has 88 valence electrons. The highest BCUT2D eigenvalue weighted by Crippen LogP contribution is 2.18. The van der Waals surface area contributed by atoms with Crippen molar-refractivity contribution in [2.75, 3.05) is 5.73 Å². The Balaban J connectivity index is 1.99. The van der Waals surface area contributed by atoms with E-state index in [0.29, 0.717) is 6.42 Å². The van der Waals surface area contributed by atoms with Crippen molar-refractivity contribution in [1.29, 1.82) is 0 Å². The number of anilines is 1. The third-order valence-electron chi connectivity index (χ3n) is 2.77. The fourth-order valence-electron chi connectivity index (χ4n) is 1.87. The summed E-state index contributed by atoms with van der Waals surface area (Å²) in [5, 5.41) is 19.1. The summed E-state index contributed by atoms with van der Waals surface area (Å²) < 4.78 is 4.33. The van der Waals surface area contributed by atoms with Crippen LogP contribution in [-0.2, 0) is 0 Å². The molecule has 0 saturated heterocycles. The van der Waals surface area contributed by atoms with Crippen molar-refractivity contribution in [3.8, 4) is 0 Å². The lowest BCUT2D eigenvalue weighted by atomic mass is 9.92. The number of nitrogens with one attached hydrogen (secondary N) is 1. The third kappa shape index (κ3) is 2.13. The van der Waals surface area contributed by atoms with E-state index in [-0.39, 0.29) is 17.6 Å². The summed E-state index contributed by atoms with van der Waals surface area (Å²) in [6, 6.07) is -0.239. The zero-order chi connectivity index (χ0) is 11.5. The number of nitrogens with zero attached hydrogens (tertiary/aromatic N) is 2. The van der Waals surface area contributed by atoms with Gasteiger partial charge in [0.1, 0.15) is 0 Å². The first-order valence-electron chi connectivity index (χ1n) is 5.25. The molecule has 4 N–H and O–H groups in total. The van der Waals surface area contributed by atoms with Crippen molar-refractivity contribution in [1.82, 2.24) is 15.6 Å². The molecule has 16 heavy (non-hydrogen) atoms. The molecule has 1 saturated carbocycles. The number of aliphatic hydroxyl groups is 1. The molecule has 1 fully saturated rings. The number of aliphatic hydroxyl groups excluding tert-OH is 1. The van der Waals surface area contributed by atoms with Gasteiger partial charge in [-0.3, -0.25) is 4.79 Å². The number of hydrogen-bond acceptors (Lipinski definition) is 6. The zero-order valence-electron chi connectivity index (χ0n) is 8.72. The monoisotopic (exact) mass is 226 g/mol. The number of nitrogens with two attached hydrogens (primary N) is 1. The molecule has 0 radical (unpaired) electrons. The molecule has 1 heterocycles. The van der Waals surface area contributed by atoms with Crippen LogP contribution in [0.4, 0.5) is 5.82 Å². The van der Waals surface area contributed by atoms with E-state index in [1.165, 1.54) is 0 Å². The molecular weight excluding hydrogens is 212 g/mol. The summed E-state index contributed by atoms with van der Waals surface area (Å²) in [6.07, 6.45) is 2.95. The van der Waals surface area contributed by atoms with Gasteiger partial charge in [-0.1, -0.05) is 12.8 Å². The van der Waals surface area contributed by atoms with Gasteiger partial charge in [-0.15, -0.1) is 0 Å². The van der Waals surface area contributed by atoms with E-state index >= 15 is 0 Å². The molecule has 1 aromatic heterocycles. The van der Waals surface area contributed by atoms with Crippen LogP contribution in [0.5, 0.6) is 0 Å². The molecule has 7 nitrogen and oxygen atoms in total. The first-order valence-corrected chi connectivity index (χ1v) is 5.25. The SMILES string of the molecule is Nc1nonc1C(=O)NC1CCCCC1O. The predicted molar refractivity (Wildman–Crippen MR) is 54.4 cm³/mol. The molecule has 0 aliphatic heterocycles. The van der Waals surface area contributed by atoms with Crippen LogP contribution in [0, 0.1) is 0 Å². The van der Waals surface area contributed by atoms with Crippen LogP contribution in [0.2, 0.25) is 0 Å². The molecule has 1 aliphatic carbocycles. The zero-order valence-corrected chi connectivity index (χ0v) is 8.72. The Labute approximate surface area is 92.0 Å². The van der Waals surface area contributed by atoms with Crippen molar-refractivity contribution in [3.63, 3.8) is 0 Å². The predicted octanol–water partition coefficient (Wildman–Crippen LogP) is -0.315. The Morgan fingerprint density at radius 1 is 1.44 bits per heavy atom. The first kappa shape index (κ1) is 10.9. The van der Waals surface area contributed by atoms with E-state index in [1.54, 1.807) is 0 Å². The molecule has 1 aliphatic rings. The van der Waals surface area contributed by atoms with Gasteiger partial charge in [-0.05, 0) is 23.2 Å². The van der Waals surface area contributed by atoms with Crippen LogP contribution < -0.4 is 11.1 Å². The summed E-state index contributed by atoms with van der Waals surface area (Å²) in [5.41, 5.74) is 5.36. The van der Waals surface area contributed by atoms with Crippen molar-refractivity contribution >= 4 is 11.7 Å². The van der Waals surface area contributed by atoms with Crippen LogP contribution in [0.15, 0.2) is 4.63 Å². The van der Waals surface area contributed by atoms with Gasteiger partial charge in [0.2, 0.25) is 11.5 Å². The summed E-state index contributed by atoms with van der Waals surface area (Å²) in [4.78, 5) is 11.7. The van der Waals surface area contributed by atoms with Crippen molar-refractivity contribution in [2.45, 2.75) is 37.8 Å². The second-order valence-electron chi connectivity index (χ2n) is 3.93. The summed E-state index contributed by atoms with van der Waals surface area (Å²) in [7, 11) is 0. The average molecular weight is 226 g/mol. The fourth-order valence-corrected chi connectivity index (χ4v) is 1.87. The quantitative estimate of drug-likeness (QED) is 0.637. The highest BCUT2D eigenvalue weighted by Gasteiger charge is 2.26. The number of carbonyl (C=O) groups excluding carboxylic acids is 1. The van der Waals surface area contributed by atoms with E-state index in [4.69, 9.17) is 5.73 Å². The Kier molecular flexibility index (Phi) is 3.04. The lowest BCUT2D eigenvalue weighted by Gasteiger charge is -2.27. The smallest absolute Gasteiger partial charge is 0.277 e. The number of amides is 1. The van der Waals surface area contributed by atoms with E-state index in [2.05, 4.69) is 20.3 Å². The van der Waals surface area contributed by atoms with E-state index in [0.717, 1.165) is 19.3 Å². The van der Waals surface area contributed by atoms with Gasteiger partial charge in [-0.25, -0.2) is 4.63 Å². The molecule has 1 aromatic rings. The Hall–Kier alpha value is -1.63. The highest BCUT2D eigenvalue weighted by atomic mass is 16.6. The second-order valence-corrected chi connectivity index (χ2v) is 3.93. The minimum atomic E-state index is -0.501. The number of rotatable bonds is 2. The third-order valence-corrected chi connectivity index (χ3v) is 2.77. The highest BCUT2D eigenvalue weighted by molar-refractivity contribution is 5.96.